The number of unbranched alkanes of at least 4 members (excludes halogenated alkanes) is 2. The lowest BCUT2D eigenvalue weighted by atomic mass is 10.1. The number of carbonyl (C=O) groups excluding carboxylic acids is 2. The monoisotopic (exact) mass is 349 g/mol. The number of ether oxygens (including phenoxy) is 2. The highest BCUT2D eigenvalue weighted by atomic mass is 16.5. The summed E-state index contributed by atoms with van der Waals surface area (Å²) in [6, 6.07) is 5.92. The van der Waals surface area contributed by atoms with Gasteiger partial charge in [-0.2, -0.15) is 0 Å². The van der Waals surface area contributed by atoms with E-state index in [0.717, 1.165) is 36.1 Å². The fourth-order valence-corrected chi connectivity index (χ4v) is 2.57. The van der Waals surface area contributed by atoms with Gasteiger partial charge < -0.3 is 14.4 Å². The van der Waals surface area contributed by atoms with Gasteiger partial charge in [0.15, 0.2) is 6.61 Å². The molecule has 0 aliphatic heterocycles. The van der Waals surface area contributed by atoms with Crippen LogP contribution in [-0.2, 0) is 14.3 Å². The average Bonchev–Trinajstić information content (AvgIpc) is 2.60. The summed E-state index contributed by atoms with van der Waals surface area (Å²) in [6.45, 7) is 8.80. The minimum atomic E-state index is -0.351. The smallest absolute Gasteiger partial charge is 0.310 e. The van der Waals surface area contributed by atoms with Crippen LogP contribution < -0.4 is 4.74 Å². The van der Waals surface area contributed by atoms with E-state index in [2.05, 4.69) is 6.92 Å². The molecule has 1 atom stereocenters. The summed E-state index contributed by atoms with van der Waals surface area (Å²) in [5.74, 6) is -0.0318. The van der Waals surface area contributed by atoms with Gasteiger partial charge in [0.25, 0.3) is 5.91 Å². The zero-order valence-electron chi connectivity index (χ0n) is 16.1. The number of hydrogen-bond donors (Lipinski definition) is 0. The maximum Gasteiger partial charge on any atom is 0.310 e. The van der Waals surface area contributed by atoms with Gasteiger partial charge in [-0.25, -0.2) is 0 Å². The van der Waals surface area contributed by atoms with Crippen LogP contribution in [0.15, 0.2) is 18.2 Å². The Balaban J connectivity index is 2.70. The number of hydrogen-bond acceptors (Lipinski definition) is 4. The number of benzene rings is 1. The minimum absolute atomic E-state index is 0.0235. The van der Waals surface area contributed by atoms with Crippen molar-refractivity contribution in [2.45, 2.75) is 47.0 Å². The van der Waals surface area contributed by atoms with E-state index in [-0.39, 0.29) is 24.4 Å². The average molecular weight is 349 g/mol. The van der Waals surface area contributed by atoms with Gasteiger partial charge >= 0.3 is 5.97 Å². The molecule has 1 aromatic carbocycles. The van der Waals surface area contributed by atoms with E-state index in [1.165, 1.54) is 7.11 Å². The first-order chi connectivity index (χ1) is 11.9. The molecule has 5 heteroatoms. The first-order valence-electron chi connectivity index (χ1n) is 8.94. The molecule has 0 radical (unpaired) electrons. The Morgan fingerprint density at radius 3 is 2.56 bits per heavy atom. The normalized spacial score (nSPS) is 11.7. The first-order valence-corrected chi connectivity index (χ1v) is 8.94. The van der Waals surface area contributed by atoms with Gasteiger partial charge in [0, 0.05) is 13.1 Å². The maximum absolute atomic E-state index is 12.6. The molecule has 0 aromatic heterocycles. The van der Waals surface area contributed by atoms with E-state index < -0.39 is 0 Å². The Bertz CT molecular complexity index is 571. The van der Waals surface area contributed by atoms with Crippen molar-refractivity contribution < 1.29 is 19.1 Å². The van der Waals surface area contributed by atoms with Crippen LogP contribution in [0.3, 0.4) is 0 Å². The third kappa shape index (κ3) is 7.16. The van der Waals surface area contributed by atoms with Gasteiger partial charge in [0.05, 0.1) is 13.0 Å². The number of aryl methyl sites for hydroxylation is 2. The van der Waals surface area contributed by atoms with Crippen molar-refractivity contribution >= 4 is 11.9 Å². The standard InChI is InChI=1S/C20H31NO4/c1-6-7-8-11-21(13-17(4)20(23)24-5)19(22)14-25-18-12-15(2)9-10-16(18)3/h9-10,12,17H,6-8,11,13-14H2,1-5H3. The van der Waals surface area contributed by atoms with Crippen LogP contribution in [0.1, 0.15) is 44.2 Å². The Morgan fingerprint density at radius 2 is 1.92 bits per heavy atom. The third-order valence-electron chi connectivity index (χ3n) is 4.18. The van der Waals surface area contributed by atoms with Crippen LogP contribution >= 0.6 is 0 Å². The van der Waals surface area contributed by atoms with Gasteiger partial charge in [0.2, 0.25) is 0 Å². The van der Waals surface area contributed by atoms with Crippen LogP contribution in [0, 0.1) is 19.8 Å². The number of esters is 1. The van der Waals surface area contributed by atoms with Crippen LogP contribution in [0.2, 0.25) is 0 Å². The zero-order chi connectivity index (χ0) is 18.8. The lowest BCUT2D eigenvalue weighted by Gasteiger charge is -2.25. The Morgan fingerprint density at radius 1 is 1.20 bits per heavy atom. The summed E-state index contributed by atoms with van der Waals surface area (Å²) in [5.41, 5.74) is 2.09. The lowest BCUT2D eigenvalue weighted by Crippen LogP contribution is -2.40. The second-order valence-corrected chi connectivity index (χ2v) is 6.53. The topological polar surface area (TPSA) is 55.8 Å². The van der Waals surface area contributed by atoms with Gasteiger partial charge in [-0.05, 0) is 37.5 Å². The van der Waals surface area contributed by atoms with Crippen molar-refractivity contribution in [3.63, 3.8) is 0 Å². The van der Waals surface area contributed by atoms with E-state index in [9.17, 15) is 9.59 Å². The van der Waals surface area contributed by atoms with Crippen molar-refractivity contribution in [1.29, 1.82) is 0 Å². The number of carbonyl (C=O) groups is 2. The van der Waals surface area contributed by atoms with Crippen LogP contribution in [0.5, 0.6) is 5.75 Å². The fourth-order valence-electron chi connectivity index (χ4n) is 2.57. The van der Waals surface area contributed by atoms with Crippen molar-refractivity contribution in [3.8, 4) is 5.75 Å². The van der Waals surface area contributed by atoms with Crippen LogP contribution in [-0.4, -0.2) is 43.6 Å². The van der Waals surface area contributed by atoms with E-state index in [0.29, 0.717) is 13.1 Å². The molecular weight excluding hydrogens is 318 g/mol. The van der Waals surface area contributed by atoms with Crippen LogP contribution in [0.4, 0.5) is 0 Å². The lowest BCUT2D eigenvalue weighted by molar-refractivity contribution is -0.146. The summed E-state index contributed by atoms with van der Waals surface area (Å²) in [4.78, 5) is 26.0. The van der Waals surface area contributed by atoms with E-state index >= 15 is 0 Å². The van der Waals surface area contributed by atoms with Crippen molar-refractivity contribution in [3.05, 3.63) is 29.3 Å². The minimum Gasteiger partial charge on any atom is -0.483 e. The highest BCUT2D eigenvalue weighted by Gasteiger charge is 2.21. The summed E-state index contributed by atoms with van der Waals surface area (Å²) >= 11 is 0. The number of nitrogens with zero attached hydrogens (tertiary/aromatic N) is 1. The molecule has 25 heavy (non-hydrogen) atoms. The largest absolute Gasteiger partial charge is 0.483 e. The Hall–Kier alpha value is -2.04. The zero-order valence-corrected chi connectivity index (χ0v) is 16.1. The predicted molar refractivity (Wildman–Crippen MR) is 98.7 cm³/mol. The molecule has 0 saturated heterocycles. The fraction of sp³-hybridized carbons (Fsp3) is 0.600. The number of methoxy groups -OCH3 is 1. The quantitative estimate of drug-likeness (QED) is 0.479. The van der Waals surface area contributed by atoms with Crippen molar-refractivity contribution in [2.24, 2.45) is 5.92 Å². The van der Waals surface area contributed by atoms with E-state index in [1.807, 2.05) is 32.0 Å². The molecule has 0 spiro atoms. The molecule has 0 fully saturated rings. The molecule has 140 valence electrons. The van der Waals surface area contributed by atoms with E-state index in [4.69, 9.17) is 9.47 Å². The Labute approximate surface area is 151 Å². The molecule has 0 aliphatic carbocycles. The van der Waals surface area contributed by atoms with Crippen molar-refractivity contribution in [2.75, 3.05) is 26.8 Å². The SMILES string of the molecule is CCCCCN(CC(C)C(=O)OC)C(=O)COc1cc(C)ccc1C. The molecule has 0 heterocycles. The second kappa shape index (κ2) is 10.7. The first kappa shape index (κ1) is 21.0. The molecular formula is C20H31NO4. The molecule has 0 aliphatic rings. The number of rotatable bonds is 10. The second-order valence-electron chi connectivity index (χ2n) is 6.53. The Kier molecular flexibility index (Phi) is 9.03. The van der Waals surface area contributed by atoms with Gasteiger partial charge in [-0.1, -0.05) is 38.8 Å². The number of amides is 1. The van der Waals surface area contributed by atoms with Gasteiger partial charge in [-0.3, -0.25) is 9.59 Å². The van der Waals surface area contributed by atoms with Gasteiger partial charge in [-0.15, -0.1) is 0 Å². The summed E-state index contributed by atoms with van der Waals surface area (Å²) < 4.78 is 10.5. The summed E-state index contributed by atoms with van der Waals surface area (Å²) in [7, 11) is 1.37. The molecule has 1 aromatic rings. The molecule has 5 nitrogen and oxygen atoms in total. The van der Waals surface area contributed by atoms with Crippen molar-refractivity contribution in [1.82, 2.24) is 4.90 Å². The summed E-state index contributed by atoms with van der Waals surface area (Å²) in [5, 5.41) is 0. The molecule has 0 bridgehead atoms. The summed E-state index contributed by atoms with van der Waals surface area (Å²) in [6.07, 6.45) is 3.04. The molecule has 1 rings (SSSR count). The van der Waals surface area contributed by atoms with E-state index in [1.54, 1.807) is 11.8 Å². The highest BCUT2D eigenvalue weighted by molar-refractivity contribution is 5.79. The predicted octanol–water partition coefficient (Wildman–Crippen LogP) is 3.51. The van der Waals surface area contributed by atoms with Crippen LogP contribution in [0.25, 0.3) is 0 Å². The highest BCUT2D eigenvalue weighted by Crippen LogP contribution is 2.19. The molecule has 0 saturated carbocycles. The van der Waals surface area contributed by atoms with Gasteiger partial charge in [0.1, 0.15) is 5.75 Å². The third-order valence-corrected chi connectivity index (χ3v) is 4.18. The maximum atomic E-state index is 12.6. The molecule has 1 unspecified atom stereocenters. The molecule has 0 N–H and O–H groups in total. The molecule has 1 amide bonds.